The first-order chi connectivity index (χ1) is 9.58. The van der Waals surface area contributed by atoms with Crippen LogP contribution in [-0.4, -0.2) is 23.9 Å². The van der Waals surface area contributed by atoms with Crippen molar-refractivity contribution in [1.29, 1.82) is 0 Å². The fourth-order valence-electron chi connectivity index (χ4n) is 2.19. The number of hydrogen-bond donors (Lipinski definition) is 1. The summed E-state index contributed by atoms with van der Waals surface area (Å²) >= 11 is 1.78. The van der Waals surface area contributed by atoms with Gasteiger partial charge in [-0.15, -0.1) is 11.8 Å². The van der Waals surface area contributed by atoms with E-state index in [0.717, 1.165) is 30.6 Å². The lowest BCUT2D eigenvalue weighted by Crippen LogP contribution is -2.12. The van der Waals surface area contributed by atoms with Crippen molar-refractivity contribution in [3.63, 3.8) is 0 Å². The molecule has 0 radical (unpaired) electrons. The third-order valence-corrected chi connectivity index (χ3v) is 5.26. The molecule has 0 bridgehead atoms. The second kappa shape index (κ2) is 6.64. The molecule has 20 heavy (non-hydrogen) atoms. The summed E-state index contributed by atoms with van der Waals surface area (Å²) < 4.78 is 4.76. The minimum Gasteiger partial charge on any atom is -0.469 e. The molecule has 3 nitrogen and oxygen atoms in total. The third-order valence-electron chi connectivity index (χ3n) is 3.90. The molecule has 4 heteroatoms. The summed E-state index contributed by atoms with van der Waals surface area (Å²) in [5.41, 5.74) is 1.12. The lowest BCUT2D eigenvalue weighted by atomic mass is 10.1. The Morgan fingerprint density at radius 1 is 1.40 bits per heavy atom. The number of thioether (sulfide) groups is 1. The number of methoxy groups -OCH3 is 1. The third kappa shape index (κ3) is 4.00. The quantitative estimate of drug-likeness (QED) is 0.617. The van der Waals surface area contributed by atoms with Crippen molar-refractivity contribution < 1.29 is 14.6 Å². The molecule has 1 aromatic carbocycles. The first-order valence-electron chi connectivity index (χ1n) is 7.06. The van der Waals surface area contributed by atoms with Gasteiger partial charge in [-0.3, -0.25) is 4.79 Å². The van der Waals surface area contributed by atoms with Gasteiger partial charge < -0.3 is 9.84 Å². The highest BCUT2D eigenvalue weighted by Gasteiger charge is 2.44. The molecule has 0 heterocycles. The van der Waals surface area contributed by atoms with E-state index >= 15 is 0 Å². The fourth-order valence-corrected chi connectivity index (χ4v) is 3.38. The van der Waals surface area contributed by atoms with E-state index in [1.54, 1.807) is 11.8 Å². The number of esters is 1. The zero-order valence-corrected chi connectivity index (χ0v) is 12.9. The van der Waals surface area contributed by atoms with E-state index in [0.29, 0.717) is 6.42 Å². The number of aliphatic hydroxyl groups excluding tert-OH is 1. The van der Waals surface area contributed by atoms with E-state index in [1.807, 2.05) is 31.2 Å². The van der Waals surface area contributed by atoms with E-state index in [4.69, 9.17) is 4.74 Å². The van der Waals surface area contributed by atoms with Crippen LogP contribution in [0.5, 0.6) is 0 Å². The molecule has 1 aromatic rings. The first kappa shape index (κ1) is 15.4. The maximum atomic E-state index is 11.4. The molecule has 0 amide bonds. The lowest BCUT2D eigenvalue weighted by molar-refractivity contribution is -0.141. The van der Waals surface area contributed by atoms with E-state index in [9.17, 15) is 9.90 Å². The predicted molar refractivity (Wildman–Crippen MR) is 80.7 cm³/mol. The zero-order valence-electron chi connectivity index (χ0n) is 12.1. The van der Waals surface area contributed by atoms with Gasteiger partial charge in [0.2, 0.25) is 0 Å². The van der Waals surface area contributed by atoms with Gasteiger partial charge in [-0.1, -0.05) is 19.1 Å². The SMILES string of the molecule is CC[C@H](O)c1ccc(SCC2(CC(=O)OC)CC2)cc1. The van der Waals surface area contributed by atoms with Crippen LogP contribution in [0.3, 0.4) is 0 Å². The number of benzene rings is 1. The van der Waals surface area contributed by atoms with Gasteiger partial charge in [0.1, 0.15) is 0 Å². The van der Waals surface area contributed by atoms with Gasteiger partial charge in [-0.2, -0.15) is 0 Å². The monoisotopic (exact) mass is 294 g/mol. The molecule has 110 valence electrons. The number of aliphatic hydroxyl groups is 1. The molecule has 0 saturated heterocycles. The van der Waals surface area contributed by atoms with Crippen molar-refractivity contribution in [2.75, 3.05) is 12.9 Å². The van der Waals surface area contributed by atoms with Gasteiger partial charge in [-0.05, 0) is 42.4 Å². The Balaban J connectivity index is 1.86. The smallest absolute Gasteiger partial charge is 0.306 e. The highest BCUT2D eigenvalue weighted by Crippen LogP contribution is 2.52. The van der Waals surface area contributed by atoms with Crippen LogP contribution in [0.15, 0.2) is 29.2 Å². The summed E-state index contributed by atoms with van der Waals surface area (Å²) in [5, 5.41) is 9.76. The Hall–Kier alpha value is -1.00. The van der Waals surface area contributed by atoms with Gasteiger partial charge in [-0.25, -0.2) is 0 Å². The Kier molecular flexibility index (Phi) is 5.11. The molecule has 1 aliphatic rings. The zero-order chi connectivity index (χ0) is 14.6. The second-order valence-corrected chi connectivity index (χ2v) is 6.58. The standard InChI is InChI=1S/C16H22O3S/c1-3-14(17)12-4-6-13(7-5-12)20-11-16(8-9-16)10-15(18)19-2/h4-7,14,17H,3,8-11H2,1-2H3/t14-/m0/s1. The number of carbonyl (C=O) groups is 1. The summed E-state index contributed by atoms with van der Waals surface area (Å²) in [6.07, 6.45) is 3.12. The number of ether oxygens (including phenoxy) is 1. The normalized spacial score (nSPS) is 17.6. The lowest BCUT2D eigenvalue weighted by Gasteiger charge is -2.13. The summed E-state index contributed by atoms with van der Waals surface area (Å²) in [6, 6.07) is 8.06. The summed E-state index contributed by atoms with van der Waals surface area (Å²) in [4.78, 5) is 12.6. The van der Waals surface area contributed by atoms with Gasteiger partial charge >= 0.3 is 5.97 Å². The van der Waals surface area contributed by atoms with Gasteiger partial charge in [0.25, 0.3) is 0 Å². The molecule has 1 atom stereocenters. The van der Waals surface area contributed by atoms with Crippen molar-refractivity contribution in [3.8, 4) is 0 Å². The summed E-state index contributed by atoms with van der Waals surface area (Å²) in [7, 11) is 1.45. The number of carbonyl (C=O) groups excluding carboxylic acids is 1. The van der Waals surface area contributed by atoms with Crippen molar-refractivity contribution >= 4 is 17.7 Å². The number of rotatable bonds is 7. The van der Waals surface area contributed by atoms with Crippen molar-refractivity contribution in [1.82, 2.24) is 0 Å². The molecule has 1 N–H and O–H groups in total. The van der Waals surface area contributed by atoms with Crippen molar-refractivity contribution in [2.45, 2.75) is 43.6 Å². The predicted octanol–water partition coefficient (Wildman–Crippen LogP) is 3.57. The maximum absolute atomic E-state index is 11.4. The number of hydrogen-bond acceptors (Lipinski definition) is 4. The molecule has 2 rings (SSSR count). The second-order valence-electron chi connectivity index (χ2n) is 5.53. The minimum absolute atomic E-state index is 0.107. The molecule has 0 spiro atoms. The Morgan fingerprint density at radius 2 is 2.05 bits per heavy atom. The summed E-state index contributed by atoms with van der Waals surface area (Å²) in [6.45, 7) is 1.97. The van der Waals surface area contributed by atoms with Crippen LogP contribution in [0, 0.1) is 5.41 Å². The Bertz CT molecular complexity index is 451. The maximum Gasteiger partial charge on any atom is 0.306 e. The van der Waals surface area contributed by atoms with Gasteiger partial charge in [0.15, 0.2) is 0 Å². The van der Waals surface area contributed by atoms with E-state index in [2.05, 4.69) is 0 Å². The Morgan fingerprint density at radius 3 is 2.55 bits per heavy atom. The molecular weight excluding hydrogens is 272 g/mol. The van der Waals surface area contributed by atoms with Gasteiger partial charge in [0.05, 0.1) is 19.6 Å². The van der Waals surface area contributed by atoms with Crippen LogP contribution in [0.25, 0.3) is 0 Å². The van der Waals surface area contributed by atoms with Crippen molar-refractivity contribution in [2.24, 2.45) is 5.41 Å². The van der Waals surface area contributed by atoms with Crippen LogP contribution in [0.1, 0.15) is 44.3 Å². The van der Waals surface area contributed by atoms with Crippen LogP contribution >= 0.6 is 11.8 Å². The topological polar surface area (TPSA) is 46.5 Å². The van der Waals surface area contributed by atoms with Gasteiger partial charge in [0, 0.05) is 10.6 Å². The Labute approximate surface area is 124 Å². The molecule has 1 saturated carbocycles. The average Bonchev–Trinajstić information content (AvgIpc) is 3.24. The molecule has 0 aliphatic heterocycles. The molecule has 0 unspecified atom stereocenters. The largest absolute Gasteiger partial charge is 0.469 e. The van der Waals surface area contributed by atoms with E-state index < -0.39 is 0 Å². The van der Waals surface area contributed by atoms with Crippen LogP contribution in [-0.2, 0) is 9.53 Å². The van der Waals surface area contributed by atoms with Crippen LogP contribution < -0.4 is 0 Å². The van der Waals surface area contributed by atoms with Crippen molar-refractivity contribution in [3.05, 3.63) is 29.8 Å². The van der Waals surface area contributed by atoms with Crippen LogP contribution in [0.4, 0.5) is 0 Å². The van der Waals surface area contributed by atoms with E-state index in [1.165, 1.54) is 12.0 Å². The minimum atomic E-state index is -0.372. The average molecular weight is 294 g/mol. The highest BCUT2D eigenvalue weighted by molar-refractivity contribution is 7.99. The molecular formula is C16H22O3S. The molecule has 1 fully saturated rings. The van der Waals surface area contributed by atoms with E-state index in [-0.39, 0.29) is 17.5 Å². The fraction of sp³-hybridized carbons (Fsp3) is 0.562. The van der Waals surface area contributed by atoms with Crippen LogP contribution in [0.2, 0.25) is 0 Å². The first-order valence-corrected chi connectivity index (χ1v) is 8.05. The summed E-state index contributed by atoms with van der Waals surface area (Å²) in [5.74, 6) is 0.849. The molecule has 0 aromatic heterocycles. The highest BCUT2D eigenvalue weighted by atomic mass is 32.2. The molecule has 1 aliphatic carbocycles.